The van der Waals surface area contributed by atoms with Crippen LogP contribution in [0.2, 0.25) is 0 Å². The first-order valence-electron chi connectivity index (χ1n) is 10.8. The summed E-state index contributed by atoms with van der Waals surface area (Å²) in [6, 6.07) is 10.0. The molecular formula is C25H29N3O2. The van der Waals surface area contributed by atoms with Gasteiger partial charge in [0.15, 0.2) is 0 Å². The molecule has 1 atom stereocenters. The van der Waals surface area contributed by atoms with Crippen molar-refractivity contribution < 1.29 is 4.74 Å². The van der Waals surface area contributed by atoms with Crippen molar-refractivity contribution in [1.29, 1.82) is 0 Å². The van der Waals surface area contributed by atoms with Crippen molar-refractivity contribution in [2.75, 3.05) is 7.11 Å². The zero-order chi connectivity index (χ0) is 20.9. The second-order valence-corrected chi connectivity index (χ2v) is 8.19. The lowest BCUT2D eigenvalue weighted by Crippen LogP contribution is -2.26. The fourth-order valence-corrected chi connectivity index (χ4v) is 4.45. The highest BCUT2D eigenvalue weighted by Crippen LogP contribution is 2.32. The molecule has 0 radical (unpaired) electrons. The molecule has 1 aromatic carbocycles. The van der Waals surface area contributed by atoms with E-state index >= 15 is 0 Å². The van der Waals surface area contributed by atoms with Crippen LogP contribution in [0.4, 0.5) is 0 Å². The van der Waals surface area contributed by atoms with Crippen LogP contribution in [0.5, 0.6) is 0 Å². The van der Waals surface area contributed by atoms with E-state index in [1.165, 1.54) is 19.3 Å². The molecular weight excluding hydrogens is 374 g/mol. The Balaban J connectivity index is 1.55. The standard InChI is InChI=1S/C25H29N3O2/c1-18(14-19-12-13-24(30-2)26-16-19)21-10-6-7-11-22(21)23-15-25(29)28(17-27-23)20-8-4-3-5-9-20/h6-7,10-11,13,15-17,19-20H,1,3-5,8-9,12,14H2,2H3. The SMILES string of the molecule is C=C(CC1C=NC(OC)=CC1)c1ccccc1-c1cc(=O)n(C2CCCCC2)cn1. The lowest BCUT2D eigenvalue weighted by Gasteiger charge is -2.23. The molecule has 1 aromatic heterocycles. The predicted molar refractivity (Wildman–Crippen MR) is 121 cm³/mol. The molecule has 0 saturated heterocycles. The monoisotopic (exact) mass is 403 g/mol. The van der Waals surface area contributed by atoms with Gasteiger partial charge in [-0.05, 0) is 42.9 Å². The predicted octanol–water partition coefficient (Wildman–Crippen LogP) is 5.40. The van der Waals surface area contributed by atoms with E-state index in [1.54, 1.807) is 19.5 Å². The molecule has 1 aliphatic carbocycles. The number of aromatic nitrogens is 2. The van der Waals surface area contributed by atoms with E-state index in [4.69, 9.17) is 4.74 Å². The summed E-state index contributed by atoms with van der Waals surface area (Å²) < 4.78 is 6.99. The van der Waals surface area contributed by atoms with Gasteiger partial charge in [0.05, 0.1) is 19.1 Å². The van der Waals surface area contributed by atoms with Crippen molar-refractivity contribution in [1.82, 2.24) is 9.55 Å². The summed E-state index contributed by atoms with van der Waals surface area (Å²) in [5, 5.41) is 0. The third kappa shape index (κ3) is 4.45. The molecule has 0 amide bonds. The zero-order valence-corrected chi connectivity index (χ0v) is 17.6. The number of methoxy groups -OCH3 is 1. The molecule has 4 rings (SSSR count). The first-order valence-corrected chi connectivity index (χ1v) is 10.8. The van der Waals surface area contributed by atoms with Crippen LogP contribution in [0.15, 0.2) is 65.0 Å². The van der Waals surface area contributed by atoms with Gasteiger partial charge in [-0.25, -0.2) is 9.98 Å². The number of rotatable bonds is 6. The van der Waals surface area contributed by atoms with Crippen LogP contribution < -0.4 is 5.56 Å². The Labute approximate surface area is 177 Å². The Morgan fingerprint density at radius 2 is 2.03 bits per heavy atom. The molecule has 0 spiro atoms. The van der Waals surface area contributed by atoms with Gasteiger partial charge < -0.3 is 4.74 Å². The Morgan fingerprint density at radius 1 is 1.23 bits per heavy atom. The van der Waals surface area contributed by atoms with E-state index in [0.29, 0.717) is 11.6 Å². The average Bonchev–Trinajstić information content (AvgIpc) is 2.80. The third-order valence-corrected chi connectivity index (χ3v) is 6.11. The molecule has 30 heavy (non-hydrogen) atoms. The molecule has 5 heteroatoms. The van der Waals surface area contributed by atoms with E-state index < -0.39 is 0 Å². The molecule has 1 fully saturated rings. The minimum Gasteiger partial charge on any atom is -0.481 e. The summed E-state index contributed by atoms with van der Waals surface area (Å²) in [7, 11) is 1.63. The van der Waals surface area contributed by atoms with Crippen LogP contribution in [0.25, 0.3) is 16.8 Å². The van der Waals surface area contributed by atoms with Gasteiger partial charge in [-0.3, -0.25) is 9.36 Å². The maximum atomic E-state index is 12.8. The van der Waals surface area contributed by atoms with Gasteiger partial charge in [-0.1, -0.05) is 50.1 Å². The van der Waals surface area contributed by atoms with Gasteiger partial charge in [-0.2, -0.15) is 0 Å². The fraction of sp³-hybridized carbons (Fsp3) is 0.400. The third-order valence-electron chi connectivity index (χ3n) is 6.11. The summed E-state index contributed by atoms with van der Waals surface area (Å²) in [6.07, 6.45) is 13.1. The number of allylic oxidation sites excluding steroid dienone is 2. The van der Waals surface area contributed by atoms with E-state index in [9.17, 15) is 4.79 Å². The largest absolute Gasteiger partial charge is 0.481 e. The van der Waals surface area contributed by atoms with Gasteiger partial charge in [0.25, 0.3) is 5.56 Å². The number of nitrogens with zero attached hydrogens (tertiary/aromatic N) is 3. The summed E-state index contributed by atoms with van der Waals surface area (Å²) >= 11 is 0. The Kier molecular flexibility index (Phi) is 6.26. The first-order chi connectivity index (χ1) is 14.7. The van der Waals surface area contributed by atoms with Gasteiger partial charge in [0.1, 0.15) is 0 Å². The molecule has 5 nitrogen and oxygen atoms in total. The van der Waals surface area contributed by atoms with Gasteiger partial charge in [0, 0.05) is 29.8 Å². The second-order valence-electron chi connectivity index (χ2n) is 8.19. The maximum absolute atomic E-state index is 12.8. The normalized spacial score (nSPS) is 19.4. The first kappa shape index (κ1) is 20.3. The van der Waals surface area contributed by atoms with Gasteiger partial charge in [0.2, 0.25) is 5.88 Å². The smallest absolute Gasteiger partial charge is 0.254 e. The lowest BCUT2D eigenvalue weighted by atomic mass is 9.90. The molecule has 1 saturated carbocycles. The lowest BCUT2D eigenvalue weighted by molar-refractivity contribution is 0.284. The maximum Gasteiger partial charge on any atom is 0.254 e. The quantitative estimate of drug-likeness (QED) is 0.649. The minimum atomic E-state index is 0.0314. The summed E-state index contributed by atoms with van der Waals surface area (Å²) in [4.78, 5) is 21.8. The highest BCUT2D eigenvalue weighted by molar-refractivity contribution is 5.80. The fourth-order valence-electron chi connectivity index (χ4n) is 4.45. The van der Waals surface area contributed by atoms with Crippen molar-refractivity contribution >= 4 is 11.8 Å². The molecule has 0 N–H and O–H groups in total. The van der Waals surface area contributed by atoms with E-state index in [-0.39, 0.29) is 17.5 Å². The van der Waals surface area contributed by atoms with Crippen molar-refractivity contribution in [3.8, 4) is 11.3 Å². The van der Waals surface area contributed by atoms with Crippen LogP contribution in [0.1, 0.15) is 56.6 Å². The average molecular weight is 404 g/mol. The molecule has 1 aliphatic heterocycles. The summed E-state index contributed by atoms with van der Waals surface area (Å²) in [6.45, 7) is 4.33. The molecule has 2 heterocycles. The van der Waals surface area contributed by atoms with Crippen molar-refractivity contribution in [2.24, 2.45) is 10.9 Å². The summed E-state index contributed by atoms with van der Waals surface area (Å²) in [5.41, 5.74) is 3.76. The van der Waals surface area contributed by atoms with Crippen LogP contribution >= 0.6 is 0 Å². The number of hydrogen-bond acceptors (Lipinski definition) is 4. The van der Waals surface area contributed by atoms with Crippen molar-refractivity contribution in [3.63, 3.8) is 0 Å². The van der Waals surface area contributed by atoms with Crippen LogP contribution in [0, 0.1) is 5.92 Å². The van der Waals surface area contributed by atoms with E-state index in [0.717, 1.165) is 42.4 Å². The Morgan fingerprint density at radius 3 is 2.73 bits per heavy atom. The minimum absolute atomic E-state index is 0.0314. The van der Waals surface area contributed by atoms with Crippen LogP contribution in [-0.4, -0.2) is 22.9 Å². The zero-order valence-electron chi connectivity index (χ0n) is 17.6. The molecule has 0 bridgehead atoms. The number of ether oxygens (including phenoxy) is 1. The van der Waals surface area contributed by atoms with Gasteiger partial charge >= 0.3 is 0 Å². The highest BCUT2D eigenvalue weighted by Gasteiger charge is 2.19. The van der Waals surface area contributed by atoms with E-state index in [2.05, 4.69) is 22.6 Å². The van der Waals surface area contributed by atoms with Crippen molar-refractivity contribution in [3.05, 3.63) is 71.1 Å². The number of benzene rings is 1. The Bertz CT molecular complexity index is 1030. The van der Waals surface area contributed by atoms with Crippen molar-refractivity contribution in [2.45, 2.75) is 51.0 Å². The second kappa shape index (κ2) is 9.24. The number of hydrogen-bond donors (Lipinski definition) is 0. The topological polar surface area (TPSA) is 56.5 Å². The Hall–Kier alpha value is -2.95. The number of aliphatic imine (C=N–C) groups is 1. The molecule has 156 valence electrons. The van der Waals surface area contributed by atoms with Gasteiger partial charge in [-0.15, -0.1) is 0 Å². The molecule has 1 unspecified atom stereocenters. The summed E-state index contributed by atoms with van der Waals surface area (Å²) in [5.74, 6) is 0.955. The van der Waals surface area contributed by atoms with Crippen LogP contribution in [-0.2, 0) is 4.74 Å². The molecule has 2 aromatic rings. The van der Waals surface area contributed by atoms with Crippen LogP contribution in [0.3, 0.4) is 0 Å². The highest BCUT2D eigenvalue weighted by atomic mass is 16.5. The van der Waals surface area contributed by atoms with E-state index in [1.807, 2.05) is 35.1 Å². The molecule has 2 aliphatic rings.